The molecule has 1 aliphatic rings. The number of rotatable bonds is 9. The highest BCUT2D eigenvalue weighted by Gasteiger charge is 2.23. The SMILES string of the molecule is CCCS(=O)(=O)c1ccccc1C(=O)NC(C)CCN1CCN(c2cccc(C)c2)CC1. The first-order valence-electron chi connectivity index (χ1n) is 11.5. The summed E-state index contributed by atoms with van der Waals surface area (Å²) in [7, 11) is -3.46. The van der Waals surface area contributed by atoms with Crippen molar-refractivity contribution in [2.24, 2.45) is 0 Å². The van der Waals surface area contributed by atoms with Crippen LogP contribution in [-0.2, 0) is 9.84 Å². The summed E-state index contributed by atoms with van der Waals surface area (Å²) in [5.74, 6) is -0.279. The van der Waals surface area contributed by atoms with E-state index in [1.54, 1.807) is 18.2 Å². The molecule has 1 unspecified atom stereocenters. The van der Waals surface area contributed by atoms with Gasteiger partial charge in [-0.05, 0) is 56.5 Å². The van der Waals surface area contributed by atoms with Crippen molar-refractivity contribution in [3.05, 3.63) is 59.7 Å². The van der Waals surface area contributed by atoms with Gasteiger partial charge in [0.1, 0.15) is 0 Å². The fourth-order valence-electron chi connectivity index (χ4n) is 4.11. The summed E-state index contributed by atoms with van der Waals surface area (Å²) in [6, 6.07) is 15.1. The van der Waals surface area contributed by atoms with Crippen molar-refractivity contribution >= 4 is 21.4 Å². The fraction of sp³-hybridized carbons (Fsp3) is 0.480. The van der Waals surface area contributed by atoms with Gasteiger partial charge in [-0.2, -0.15) is 0 Å². The van der Waals surface area contributed by atoms with Gasteiger partial charge in [0.15, 0.2) is 9.84 Å². The second kappa shape index (κ2) is 11.0. The van der Waals surface area contributed by atoms with Crippen molar-refractivity contribution in [3.8, 4) is 0 Å². The van der Waals surface area contributed by atoms with Gasteiger partial charge in [0.25, 0.3) is 5.91 Å². The van der Waals surface area contributed by atoms with Gasteiger partial charge in [0.2, 0.25) is 0 Å². The number of benzene rings is 2. The molecule has 2 aromatic carbocycles. The van der Waals surface area contributed by atoms with Crippen LogP contribution in [0, 0.1) is 6.92 Å². The van der Waals surface area contributed by atoms with Crippen molar-refractivity contribution in [3.63, 3.8) is 0 Å². The number of amides is 1. The minimum Gasteiger partial charge on any atom is -0.369 e. The number of hydrogen-bond acceptors (Lipinski definition) is 5. The van der Waals surface area contributed by atoms with E-state index in [2.05, 4.69) is 46.3 Å². The lowest BCUT2D eigenvalue weighted by atomic mass is 10.1. The zero-order valence-electron chi connectivity index (χ0n) is 19.4. The maximum atomic E-state index is 12.8. The summed E-state index contributed by atoms with van der Waals surface area (Å²) < 4.78 is 25.1. The van der Waals surface area contributed by atoms with Crippen molar-refractivity contribution < 1.29 is 13.2 Å². The quantitative estimate of drug-likeness (QED) is 0.624. The van der Waals surface area contributed by atoms with Crippen molar-refractivity contribution in [1.82, 2.24) is 10.2 Å². The Kier molecular flexibility index (Phi) is 8.32. The Morgan fingerprint density at radius 3 is 2.47 bits per heavy atom. The number of hydrogen-bond donors (Lipinski definition) is 1. The predicted octanol–water partition coefficient (Wildman–Crippen LogP) is 3.51. The molecule has 3 rings (SSSR count). The second-order valence-corrected chi connectivity index (χ2v) is 10.7. The van der Waals surface area contributed by atoms with Crippen LogP contribution in [0.5, 0.6) is 0 Å². The first kappa shape index (κ1) is 24.3. The average molecular weight is 458 g/mol. The summed E-state index contributed by atoms with van der Waals surface area (Å²) in [6.07, 6.45) is 1.34. The van der Waals surface area contributed by atoms with Crippen LogP contribution < -0.4 is 10.2 Å². The average Bonchev–Trinajstić information content (AvgIpc) is 2.78. The molecule has 0 bridgehead atoms. The lowest BCUT2D eigenvalue weighted by Crippen LogP contribution is -2.47. The molecule has 32 heavy (non-hydrogen) atoms. The monoisotopic (exact) mass is 457 g/mol. The fourth-order valence-corrected chi connectivity index (χ4v) is 5.65. The number of sulfone groups is 1. The van der Waals surface area contributed by atoms with E-state index >= 15 is 0 Å². The summed E-state index contributed by atoms with van der Waals surface area (Å²) >= 11 is 0. The Morgan fingerprint density at radius 2 is 1.78 bits per heavy atom. The molecule has 0 aliphatic carbocycles. The molecule has 0 aromatic heterocycles. The van der Waals surface area contributed by atoms with Gasteiger partial charge >= 0.3 is 0 Å². The van der Waals surface area contributed by atoms with Crippen LogP contribution in [0.4, 0.5) is 5.69 Å². The van der Waals surface area contributed by atoms with Crippen LogP contribution in [0.25, 0.3) is 0 Å². The third kappa shape index (κ3) is 6.33. The minimum absolute atomic E-state index is 0.0424. The van der Waals surface area contributed by atoms with Gasteiger partial charge in [-0.15, -0.1) is 0 Å². The summed E-state index contributed by atoms with van der Waals surface area (Å²) in [4.78, 5) is 17.8. The van der Waals surface area contributed by atoms with Gasteiger partial charge < -0.3 is 10.2 Å². The zero-order valence-corrected chi connectivity index (χ0v) is 20.2. The third-order valence-electron chi connectivity index (χ3n) is 5.93. The third-order valence-corrected chi connectivity index (χ3v) is 7.91. The predicted molar refractivity (Wildman–Crippen MR) is 130 cm³/mol. The minimum atomic E-state index is -3.46. The van der Waals surface area contributed by atoms with Crippen LogP contribution in [0.1, 0.15) is 42.6 Å². The zero-order chi connectivity index (χ0) is 23.1. The number of nitrogens with zero attached hydrogens (tertiary/aromatic N) is 2. The first-order chi connectivity index (χ1) is 15.3. The number of nitrogens with one attached hydrogen (secondary N) is 1. The lowest BCUT2D eigenvalue weighted by Gasteiger charge is -2.36. The topological polar surface area (TPSA) is 69.7 Å². The number of carbonyl (C=O) groups is 1. The van der Waals surface area contributed by atoms with E-state index in [1.807, 2.05) is 13.8 Å². The second-order valence-electron chi connectivity index (χ2n) is 8.65. The normalized spacial score (nSPS) is 16.0. The Morgan fingerprint density at radius 1 is 1.06 bits per heavy atom. The molecule has 1 fully saturated rings. The Labute approximate surface area is 192 Å². The Bertz CT molecular complexity index is 1010. The molecule has 0 radical (unpaired) electrons. The van der Waals surface area contributed by atoms with Crippen molar-refractivity contribution in [2.45, 2.75) is 44.6 Å². The molecule has 2 aromatic rings. The number of carbonyl (C=O) groups excluding carboxylic acids is 1. The molecule has 1 aliphatic heterocycles. The van der Waals surface area contributed by atoms with Crippen LogP contribution in [-0.4, -0.2) is 63.7 Å². The van der Waals surface area contributed by atoms with Gasteiger partial charge in [-0.1, -0.05) is 31.2 Å². The summed E-state index contributed by atoms with van der Waals surface area (Å²) in [5, 5.41) is 2.99. The molecule has 7 heteroatoms. The van der Waals surface area contributed by atoms with Crippen LogP contribution in [0.3, 0.4) is 0 Å². The maximum absolute atomic E-state index is 12.8. The number of aryl methyl sites for hydroxylation is 1. The Hall–Kier alpha value is -2.38. The van der Waals surface area contributed by atoms with Gasteiger partial charge in [0, 0.05) is 44.5 Å². The van der Waals surface area contributed by atoms with Gasteiger partial charge in [0.05, 0.1) is 16.2 Å². The van der Waals surface area contributed by atoms with E-state index in [4.69, 9.17) is 0 Å². The van der Waals surface area contributed by atoms with Gasteiger partial charge in [-0.3, -0.25) is 9.69 Å². The number of anilines is 1. The molecule has 6 nitrogen and oxygen atoms in total. The molecule has 1 atom stereocenters. The maximum Gasteiger partial charge on any atom is 0.252 e. The van der Waals surface area contributed by atoms with E-state index in [-0.39, 0.29) is 28.2 Å². The lowest BCUT2D eigenvalue weighted by molar-refractivity contribution is 0.0932. The number of piperazine rings is 1. The summed E-state index contributed by atoms with van der Waals surface area (Å²) in [6.45, 7) is 10.8. The van der Waals surface area contributed by atoms with Crippen LogP contribution in [0.2, 0.25) is 0 Å². The smallest absolute Gasteiger partial charge is 0.252 e. The van der Waals surface area contributed by atoms with Gasteiger partial charge in [-0.25, -0.2) is 8.42 Å². The standard InChI is InChI=1S/C25H35N3O3S/c1-4-18-32(30,31)24-11-6-5-10-23(24)25(29)26-21(3)12-13-27-14-16-28(17-15-27)22-9-7-8-20(2)19-22/h5-11,19,21H,4,12-18H2,1-3H3,(H,26,29). The highest BCUT2D eigenvalue weighted by molar-refractivity contribution is 7.91. The highest BCUT2D eigenvalue weighted by Crippen LogP contribution is 2.19. The van der Waals surface area contributed by atoms with E-state index in [0.29, 0.717) is 6.42 Å². The summed E-state index contributed by atoms with van der Waals surface area (Å²) in [5.41, 5.74) is 2.79. The molecular formula is C25H35N3O3S. The molecular weight excluding hydrogens is 422 g/mol. The molecule has 0 spiro atoms. The molecule has 1 N–H and O–H groups in total. The molecule has 1 amide bonds. The van der Waals surface area contributed by atoms with E-state index in [9.17, 15) is 13.2 Å². The first-order valence-corrected chi connectivity index (χ1v) is 13.1. The highest BCUT2D eigenvalue weighted by atomic mass is 32.2. The van der Waals surface area contributed by atoms with E-state index in [1.165, 1.54) is 17.3 Å². The van der Waals surface area contributed by atoms with E-state index < -0.39 is 9.84 Å². The largest absolute Gasteiger partial charge is 0.369 e. The molecule has 1 saturated heterocycles. The Balaban J connectivity index is 1.50. The molecule has 0 saturated carbocycles. The van der Waals surface area contributed by atoms with Crippen LogP contribution in [0.15, 0.2) is 53.4 Å². The van der Waals surface area contributed by atoms with Crippen LogP contribution >= 0.6 is 0 Å². The molecule has 174 valence electrons. The van der Waals surface area contributed by atoms with E-state index in [0.717, 1.165) is 39.1 Å². The van der Waals surface area contributed by atoms with Crippen molar-refractivity contribution in [1.29, 1.82) is 0 Å². The van der Waals surface area contributed by atoms with Crippen molar-refractivity contribution in [2.75, 3.05) is 43.4 Å². The molecule has 1 heterocycles.